The Balaban J connectivity index is 1.54. The molecule has 0 aromatic carbocycles. The highest BCUT2D eigenvalue weighted by molar-refractivity contribution is 5.79. The summed E-state index contributed by atoms with van der Waals surface area (Å²) in [6, 6.07) is 0. The van der Waals surface area contributed by atoms with Gasteiger partial charge in [-0.2, -0.15) is 0 Å². The number of ether oxygens (including phenoxy) is 1. The number of nitrogens with zero attached hydrogens (tertiary/aromatic N) is 3. The molecule has 0 aromatic rings. The molecule has 2 aliphatic rings. The molecule has 0 amide bonds. The molecule has 2 rings (SSSR count). The molecule has 0 saturated carbocycles. The lowest BCUT2D eigenvalue weighted by Gasteiger charge is -2.30. The molecule has 0 aliphatic carbocycles. The van der Waals surface area contributed by atoms with Gasteiger partial charge in [0.15, 0.2) is 5.96 Å². The average Bonchev–Trinajstić information content (AvgIpc) is 2.63. The first kappa shape index (κ1) is 20.5. The minimum Gasteiger partial charge on any atom is -0.381 e. The van der Waals surface area contributed by atoms with E-state index in [2.05, 4.69) is 34.1 Å². The monoisotopic (exact) mass is 352 g/mol. The largest absolute Gasteiger partial charge is 0.381 e. The third-order valence-electron chi connectivity index (χ3n) is 5.71. The summed E-state index contributed by atoms with van der Waals surface area (Å²) in [6.07, 6.45) is 8.97. The Morgan fingerprint density at radius 2 is 2.04 bits per heavy atom. The molecule has 0 aromatic heterocycles. The number of guanidine groups is 1. The van der Waals surface area contributed by atoms with Crippen LogP contribution in [0.25, 0.3) is 0 Å². The van der Waals surface area contributed by atoms with E-state index in [1.54, 1.807) is 0 Å². The molecule has 1 unspecified atom stereocenters. The van der Waals surface area contributed by atoms with Gasteiger partial charge in [0.1, 0.15) is 0 Å². The number of hydrogen-bond donors (Lipinski definition) is 1. The van der Waals surface area contributed by atoms with Crippen molar-refractivity contribution in [2.75, 3.05) is 60.0 Å². The Morgan fingerprint density at radius 1 is 1.24 bits per heavy atom. The first-order valence-corrected chi connectivity index (χ1v) is 10.4. The molecular weight excluding hydrogens is 312 g/mol. The molecule has 2 saturated heterocycles. The highest BCUT2D eigenvalue weighted by Crippen LogP contribution is 2.18. The lowest BCUT2D eigenvalue weighted by Crippen LogP contribution is -2.40. The second-order valence-corrected chi connectivity index (χ2v) is 8.00. The molecule has 0 radical (unpaired) electrons. The van der Waals surface area contributed by atoms with Crippen LogP contribution in [0.1, 0.15) is 51.9 Å². The fourth-order valence-electron chi connectivity index (χ4n) is 4.05. The van der Waals surface area contributed by atoms with Crippen LogP contribution in [-0.2, 0) is 4.74 Å². The quantitative estimate of drug-likeness (QED) is 0.414. The maximum Gasteiger partial charge on any atom is 0.193 e. The summed E-state index contributed by atoms with van der Waals surface area (Å²) in [5.74, 6) is 2.75. The lowest BCUT2D eigenvalue weighted by atomic mass is 9.96. The first-order valence-electron chi connectivity index (χ1n) is 10.4. The van der Waals surface area contributed by atoms with Gasteiger partial charge in [0, 0.05) is 46.9 Å². The standard InChI is InChI=1S/C20H40N4O/c1-18-7-6-13-24(17-18)12-5-4-11-22-20(21-2)23(3)14-8-19-9-15-25-16-10-19/h18-19H,4-17H2,1-3H3,(H,21,22). The number of piperidine rings is 1. The molecule has 0 spiro atoms. The van der Waals surface area contributed by atoms with Gasteiger partial charge in [0.05, 0.1) is 0 Å². The van der Waals surface area contributed by atoms with Gasteiger partial charge in [0.2, 0.25) is 0 Å². The maximum absolute atomic E-state index is 5.45. The zero-order valence-corrected chi connectivity index (χ0v) is 16.8. The van der Waals surface area contributed by atoms with Gasteiger partial charge in [0.25, 0.3) is 0 Å². The molecule has 2 heterocycles. The van der Waals surface area contributed by atoms with Gasteiger partial charge < -0.3 is 19.9 Å². The summed E-state index contributed by atoms with van der Waals surface area (Å²) >= 11 is 0. The van der Waals surface area contributed by atoms with E-state index in [4.69, 9.17) is 4.74 Å². The Labute approximate surface area is 155 Å². The minimum absolute atomic E-state index is 0.821. The van der Waals surface area contributed by atoms with Crippen molar-refractivity contribution in [2.45, 2.75) is 51.9 Å². The summed E-state index contributed by atoms with van der Waals surface area (Å²) < 4.78 is 5.45. The highest BCUT2D eigenvalue weighted by atomic mass is 16.5. The van der Waals surface area contributed by atoms with Gasteiger partial charge in [-0.3, -0.25) is 4.99 Å². The van der Waals surface area contributed by atoms with Gasteiger partial charge in [-0.1, -0.05) is 6.92 Å². The summed E-state index contributed by atoms with van der Waals surface area (Å²) in [5, 5.41) is 3.54. The molecule has 25 heavy (non-hydrogen) atoms. The van der Waals surface area contributed by atoms with E-state index in [-0.39, 0.29) is 0 Å². The molecule has 2 fully saturated rings. The molecule has 5 heteroatoms. The van der Waals surface area contributed by atoms with Crippen molar-refractivity contribution >= 4 is 5.96 Å². The van der Waals surface area contributed by atoms with Crippen LogP contribution in [0.2, 0.25) is 0 Å². The summed E-state index contributed by atoms with van der Waals surface area (Å²) in [7, 11) is 4.05. The smallest absolute Gasteiger partial charge is 0.193 e. The van der Waals surface area contributed by atoms with Crippen molar-refractivity contribution in [1.82, 2.24) is 15.1 Å². The Hall–Kier alpha value is -0.810. The number of unbranched alkanes of at least 4 members (excludes halogenated alkanes) is 1. The molecular formula is C20H40N4O. The summed E-state index contributed by atoms with van der Waals surface area (Å²) in [5.41, 5.74) is 0. The van der Waals surface area contributed by atoms with Crippen LogP contribution < -0.4 is 5.32 Å². The zero-order valence-electron chi connectivity index (χ0n) is 16.8. The molecule has 1 atom stereocenters. The highest BCUT2D eigenvalue weighted by Gasteiger charge is 2.16. The second-order valence-electron chi connectivity index (χ2n) is 8.00. The SMILES string of the molecule is CN=C(NCCCCN1CCCC(C)C1)N(C)CCC1CCOCC1. The van der Waals surface area contributed by atoms with Crippen LogP contribution in [0.15, 0.2) is 4.99 Å². The van der Waals surface area contributed by atoms with E-state index in [9.17, 15) is 0 Å². The van der Waals surface area contributed by atoms with Crippen molar-refractivity contribution in [1.29, 1.82) is 0 Å². The van der Waals surface area contributed by atoms with Gasteiger partial charge in [-0.15, -0.1) is 0 Å². The van der Waals surface area contributed by atoms with E-state index in [1.165, 1.54) is 64.6 Å². The molecule has 5 nitrogen and oxygen atoms in total. The zero-order chi connectivity index (χ0) is 17.9. The topological polar surface area (TPSA) is 40.1 Å². The van der Waals surface area contributed by atoms with Crippen LogP contribution in [0.3, 0.4) is 0 Å². The Kier molecular flexibility index (Phi) is 9.63. The fraction of sp³-hybridized carbons (Fsp3) is 0.950. The third kappa shape index (κ3) is 7.95. The maximum atomic E-state index is 5.45. The van der Waals surface area contributed by atoms with Crippen LogP contribution >= 0.6 is 0 Å². The normalized spacial score (nSPS) is 23.6. The van der Waals surface area contributed by atoms with Crippen LogP contribution in [0.4, 0.5) is 0 Å². The Morgan fingerprint density at radius 3 is 2.76 bits per heavy atom. The van der Waals surface area contributed by atoms with E-state index in [0.29, 0.717) is 0 Å². The number of hydrogen-bond acceptors (Lipinski definition) is 3. The third-order valence-corrected chi connectivity index (χ3v) is 5.71. The van der Waals surface area contributed by atoms with E-state index < -0.39 is 0 Å². The number of aliphatic imine (C=N–C) groups is 1. The van der Waals surface area contributed by atoms with Gasteiger partial charge in [-0.05, 0) is 69.9 Å². The second kappa shape index (κ2) is 11.7. The van der Waals surface area contributed by atoms with Crippen molar-refractivity contribution in [3.8, 4) is 0 Å². The summed E-state index contributed by atoms with van der Waals surface area (Å²) in [6.45, 7) is 10.2. The number of rotatable bonds is 8. The molecule has 1 N–H and O–H groups in total. The average molecular weight is 353 g/mol. The number of likely N-dealkylation sites (tertiary alicyclic amines) is 1. The number of nitrogens with one attached hydrogen (secondary N) is 1. The van der Waals surface area contributed by atoms with Crippen molar-refractivity contribution in [2.24, 2.45) is 16.8 Å². The van der Waals surface area contributed by atoms with Crippen molar-refractivity contribution < 1.29 is 4.74 Å². The van der Waals surface area contributed by atoms with Crippen molar-refractivity contribution in [3.05, 3.63) is 0 Å². The first-order chi connectivity index (χ1) is 12.2. The van der Waals surface area contributed by atoms with E-state index >= 15 is 0 Å². The molecule has 146 valence electrons. The van der Waals surface area contributed by atoms with Crippen LogP contribution in [-0.4, -0.2) is 75.8 Å². The predicted molar refractivity (Wildman–Crippen MR) is 106 cm³/mol. The minimum atomic E-state index is 0.821. The Bertz CT molecular complexity index is 382. The lowest BCUT2D eigenvalue weighted by molar-refractivity contribution is 0.0625. The molecule has 2 aliphatic heterocycles. The van der Waals surface area contributed by atoms with E-state index in [0.717, 1.165) is 44.1 Å². The van der Waals surface area contributed by atoms with Gasteiger partial charge >= 0.3 is 0 Å². The summed E-state index contributed by atoms with van der Waals surface area (Å²) in [4.78, 5) is 9.37. The van der Waals surface area contributed by atoms with Gasteiger partial charge in [-0.25, -0.2) is 0 Å². The van der Waals surface area contributed by atoms with Crippen LogP contribution in [0.5, 0.6) is 0 Å². The van der Waals surface area contributed by atoms with Crippen molar-refractivity contribution in [3.63, 3.8) is 0 Å². The van der Waals surface area contributed by atoms with Crippen LogP contribution in [0, 0.1) is 11.8 Å². The predicted octanol–water partition coefficient (Wildman–Crippen LogP) is 2.82. The fourth-order valence-corrected chi connectivity index (χ4v) is 4.05. The van der Waals surface area contributed by atoms with E-state index in [1.807, 2.05) is 7.05 Å². The molecule has 0 bridgehead atoms.